The number of carbonyl (C=O) groups excluding carboxylic acids is 3. The molecule has 380 valence electrons. The van der Waals surface area contributed by atoms with Gasteiger partial charge < -0.3 is 39.2 Å². The fourth-order valence-electron chi connectivity index (χ4n) is 11.4. The van der Waals surface area contributed by atoms with Gasteiger partial charge in [-0.2, -0.15) is 0 Å². The Labute approximate surface area is 420 Å². The van der Waals surface area contributed by atoms with Gasteiger partial charge in [-0.25, -0.2) is 9.59 Å². The summed E-state index contributed by atoms with van der Waals surface area (Å²) in [4.78, 5) is 46.2. The van der Waals surface area contributed by atoms with Crippen molar-refractivity contribution < 1.29 is 23.9 Å². The van der Waals surface area contributed by atoms with Crippen molar-refractivity contribution in [2.75, 3.05) is 58.9 Å². The molecular formula is C60H85N5O5. The van der Waals surface area contributed by atoms with Gasteiger partial charge in [-0.3, -0.25) is 0 Å². The van der Waals surface area contributed by atoms with Crippen LogP contribution >= 0.6 is 0 Å². The van der Waals surface area contributed by atoms with Crippen LogP contribution in [0, 0.1) is 16.2 Å². The number of amides is 2. The van der Waals surface area contributed by atoms with Crippen LogP contribution in [0.5, 0.6) is 0 Å². The largest absolute Gasteiger partial charge is 0.444 e. The predicted molar refractivity (Wildman–Crippen MR) is 279 cm³/mol. The molecule has 8 fully saturated rings. The van der Waals surface area contributed by atoms with E-state index < -0.39 is 11.2 Å². The summed E-state index contributed by atoms with van der Waals surface area (Å²) >= 11 is 0. The second-order valence-electron chi connectivity index (χ2n) is 25.0. The fourth-order valence-corrected chi connectivity index (χ4v) is 11.4. The minimum absolute atomic E-state index is 0.126. The van der Waals surface area contributed by atoms with Crippen molar-refractivity contribution in [3.63, 3.8) is 0 Å². The van der Waals surface area contributed by atoms with Gasteiger partial charge in [-0.15, -0.1) is 0 Å². The number of benzene rings is 3. The first-order valence-electron chi connectivity index (χ1n) is 27.3. The third-order valence-electron chi connectivity index (χ3n) is 16.3. The number of likely N-dealkylation sites (tertiary alicyclic amines) is 2. The van der Waals surface area contributed by atoms with Crippen LogP contribution in [0.3, 0.4) is 0 Å². The van der Waals surface area contributed by atoms with Crippen molar-refractivity contribution in [3.05, 3.63) is 108 Å². The van der Waals surface area contributed by atoms with Gasteiger partial charge in [0.05, 0.1) is 0 Å². The van der Waals surface area contributed by atoms with Gasteiger partial charge in [0.25, 0.3) is 0 Å². The molecule has 11 rings (SSSR count). The minimum Gasteiger partial charge on any atom is -0.444 e. The maximum absolute atomic E-state index is 13.0. The van der Waals surface area contributed by atoms with E-state index in [1.807, 2.05) is 59.7 Å². The van der Waals surface area contributed by atoms with Crippen molar-refractivity contribution in [2.45, 2.75) is 172 Å². The molecule has 10 heteroatoms. The maximum atomic E-state index is 13.0. The topological polar surface area (TPSA) is 94.7 Å². The Balaban J connectivity index is 0.000000132. The average molecular weight is 956 g/mol. The van der Waals surface area contributed by atoms with Crippen LogP contribution in [-0.4, -0.2) is 126 Å². The van der Waals surface area contributed by atoms with Crippen molar-refractivity contribution in [1.29, 1.82) is 0 Å². The Morgan fingerprint density at radius 1 is 0.571 bits per heavy atom. The van der Waals surface area contributed by atoms with Gasteiger partial charge in [0.1, 0.15) is 17.5 Å². The van der Waals surface area contributed by atoms with E-state index in [9.17, 15) is 14.4 Å². The number of hydrogen-bond donors (Lipinski definition) is 1. The quantitative estimate of drug-likeness (QED) is 0.134. The van der Waals surface area contributed by atoms with Gasteiger partial charge in [0, 0.05) is 79.4 Å². The molecule has 2 amide bonds. The third kappa shape index (κ3) is 14.0. The monoisotopic (exact) mass is 956 g/mol. The van der Waals surface area contributed by atoms with E-state index in [0.717, 1.165) is 57.0 Å². The lowest BCUT2D eigenvalue weighted by Gasteiger charge is -2.32. The average Bonchev–Trinajstić information content (AvgIpc) is 4.05. The Bertz CT molecular complexity index is 2180. The molecule has 2 heterocycles. The van der Waals surface area contributed by atoms with E-state index in [1.54, 1.807) is 4.90 Å². The van der Waals surface area contributed by atoms with Crippen LogP contribution in [0.25, 0.3) is 0 Å². The smallest absolute Gasteiger partial charge is 0.410 e. The van der Waals surface area contributed by atoms with E-state index in [4.69, 9.17) is 9.47 Å². The van der Waals surface area contributed by atoms with Crippen molar-refractivity contribution in [1.82, 2.24) is 24.9 Å². The molecule has 70 heavy (non-hydrogen) atoms. The van der Waals surface area contributed by atoms with Crippen molar-refractivity contribution in [3.8, 4) is 0 Å². The summed E-state index contributed by atoms with van der Waals surface area (Å²) in [5.41, 5.74) is 3.75. The van der Waals surface area contributed by atoms with Gasteiger partial charge in [-0.05, 0) is 173 Å². The molecule has 1 N–H and O–H groups in total. The zero-order chi connectivity index (χ0) is 49.2. The number of nitrogens with zero attached hydrogens (tertiary/aromatic N) is 4. The Hall–Kier alpha value is -4.25. The molecule has 2 saturated heterocycles. The lowest BCUT2D eigenvalue weighted by molar-refractivity contribution is -0.112. The summed E-state index contributed by atoms with van der Waals surface area (Å²) in [7, 11) is 0. The van der Waals surface area contributed by atoms with E-state index in [-0.39, 0.29) is 23.6 Å². The van der Waals surface area contributed by atoms with E-state index in [2.05, 4.69) is 92.8 Å². The molecule has 0 aromatic heterocycles. The number of aldehydes is 1. The summed E-state index contributed by atoms with van der Waals surface area (Å²) in [6.45, 7) is 21.7. The highest BCUT2D eigenvalue weighted by atomic mass is 16.6. The molecule has 3 aromatic rings. The lowest BCUT2D eigenvalue weighted by Crippen LogP contribution is -2.44. The van der Waals surface area contributed by atoms with E-state index in [0.29, 0.717) is 35.3 Å². The zero-order valence-corrected chi connectivity index (χ0v) is 43.6. The van der Waals surface area contributed by atoms with Gasteiger partial charge in [-0.1, -0.05) is 91.0 Å². The number of nitrogens with one attached hydrogen (secondary N) is 1. The second kappa shape index (κ2) is 21.1. The standard InChI is InChI=1S/C23H34N2O2.C19H25NO3.C18H26N2/c1-22(2,3)27-21(26)25(20-15-19(20)18-9-5-4-6-10-18)17-23(11-12-23)16-24-13-7-8-14-24;1-18(2,3)23-17(22)20(12-19(13-21)9-10-19)16-11-15(16)14-7-5-4-6-8-14;1-2-6-15(7-3-1)16-12-17(16)19-13-18(8-9-18)14-20-10-4-5-11-20/h4-6,9-10,19-20H,7-8,11-17H2,1-3H3;4-8,13,15-16H,9-12H2,1-3H3;1-3,6-7,16-17,19H,4-5,8-14H2/t19?,20-;15?,16-;16?,17-/m000/s1. The van der Waals surface area contributed by atoms with Gasteiger partial charge in [0.15, 0.2) is 0 Å². The molecule has 0 bridgehead atoms. The fraction of sp³-hybridized carbons (Fsp3) is 0.650. The highest BCUT2D eigenvalue weighted by Gasteiger charge is 2.54. The Morgan fingerprint density at radius 3 is 1.36 bits per heavy atom. The summed E-state index contributed by atoms with van der Waals surface area (Å²) in [6.07, 6.45) is 16.5. The summed E-state index contributed by atoms with van der Waals surface area (Å²) in [6, 6.07) is 33.1. The zero-order valence-electron chi connectivity index (χ0n) is 43.6. The summed E-state index contributed by atoms with van der Waals surface area (Å²) in [5.74, 6) is 1.59. The van der Waals surface area contributed by atoms with Gasteiger partial charge >= 0.3 is 12.2 Å². The molecule has 3 aromatic carbocycles. The molecule has 8 aliphatic rings. The maximum Gasteiger partial charge on any atom is 0.410 e. The third-order valence-corrected chi connectivity index (χ3v) is 16.3. The van der Waals surface area contributed by atoms with E-state index in [1.165, 1.54) is 114 Å². The summed E-state index contributed by atoms with van der Waals surface area (Å²) < 4.78 is 11.4. The van der Waals surface area contributed by atoms with Crippen LogP contribution in [0.2, 0.25) is 0 Å². The first-order chi connectivity index (χ1) is 33.5. The molecule has 0 spiro atoms. The molecule has 6 atom stereocenters. The molecule has 6 aliphatic carbocycles. The summed E-state index contributed by atoms with van der Waals surface area (Å²) in [5, 5.41) is 3.86. The molecule has 6 saturated carbocycles. The number of rotatable bonds is 17. The Kier molecular flexibility index (Phi) is 15.3. The number of ether oxygens (including phenoxy) is 2. The SMILES string of the molecule is CC(C)(C)OC(=O)N(CC1(C=O)CC1)[C@H]1CC1c1ccccc1.CC(C)(C)OC(=O)N(CC1(CN2CCCC2)CC1)[C@H]1CC1c1ccccc1.c1ccc(C2C[C@@H]2NCC2(CN3CCCC3)CC2)cc1. The lowest BCUT2D eigenvalue weighted by atomic mass is 10.1. The molecule has 0 radical (unpaired) electrons. The van der Waals surface area contributed by atoms with Crippen molar-refractivity contribution >= 4 is 18.5 Å². The van der Waals surface area contributed by atoms with Crippen LogP contribution in [0.15, 0.2) is 91.0 Å². The van der Waals surface area contributed by atoms with Crippen LogP contribution in [0.1, 0.15) is 159 Å². The van der Waals surface area contributed by atoms with Crippen LogP contribution in [0.4, 0.5) is 9.59 Å². The Morgan fingerprint density at radius 2 is 0.971 bits per heavy atom. The van der Waals surface area contributed by atoms with E-state index >= 15 is 0 Å². The highest BCUT2D eigenvalue weighted by molar-refractivity contribution is 5.72. The van der Waals surface area contributed by atoms with Crippen LogP contribution < -0.4 is 5.32 Å². The first kappa shape index (κ1) is 50.7. The molecular weight excluding hydrogens is 871 g/mol. The second-order valence-corrected chi connectivity index (χ2v) is 25.0. The minimum atomic E-state index is -0.523. The molecule has 3 unspecified atom stereocenters. The highest BCUT2D eigenvalue weighted by Crippen LogP contribution is 2.53. The molecule has 10 nitrogen and oxygen atoms in total. The normalized spacial score (nSPS) is 27.3. The van der Waals surface area contributed by atoms with Crippen LogP contribution in [-0.2, 0) is 14.3 Å². The molecule has 2 aliphatic heterocycles. The number of hydrogen-bond acceptors (Lipinski definition) is 8. The first-order valence-corrected chi connectivity index (χ1v) is 27.3. The predicted octanol–water partition coefficient (Wildman–Crippen LogP) is 11.4. The number of carbonyl (C=O) groups is 3. The van der Waals surface area contributed by atoms with Crippen molar-refractivity contribution in [2.24, 2.45) is 16.2 Å². The van der Waals surface area contributed by atoms with Gasteiger partial charge in [0.2, 0.25) is 0 Å².